The van der Waals surface area contributed by atoms with Gasteiger partial charge in [-0.3, -0.25) is 9.78 Å². The summed E-state index contributed by atoms with van der Waals surface area (Å²) in [6, 6.07) is 5.91. The van der Waals surface area contributed by atoms with Crippen LogP contribution < -0.4 is 15.5 Å². The average Bonchev–Trinajstić information content (AvgIpc) is 2.64. The summed E-state index contributed by atoms with van der Waals surface area (Å²) in [5, 5.41) is 6.52. The molecule has 0 spiro atoms. The summed E-state index contributed by atoms with van der Waals surface area (Å²) in [4.78, 5) is 26.9. The lowest BCUT2D eigenvalue weighted by molar-refractivity contribution is 0.0926. The predicted molar refractivity (Wildman–Crippen MR) is 112 cm³/mol. The third kappa shape index (κ3) is 6.52. The van der Waals surface area contributed by atoms with Gasteiger partial charge in [-0.05, 0) is 43.9 Å². The normalized spacial score (nSPS) is 18.4. The summed E-state index contributed by atoms with van der Waals surface area (Å²) in [6.07, 6.45) is 8.90. The number of rotatable bonds is 5. The molecule has 1 aliphatic rings. The van der Waals surface area contributed by atoms with Crippen molar-refractivity contribution in [2.24, 2.45) is 0 Å². The molecule has 27 heavy (non-hydrogen) atoms. The van der Waals surface area contributed by atoms with E-state index in [2.05, 4.69) is 25.6 Å². The number of nitrogens with zero attached hydrogens (tertiary/aromatic N) is 4. The van der Waals surface area contributed by atoms with E-state index in [0.29, 0.717) is 17.6 Å². The van der Waals surface area contributed by atoms with E-state index >= 15 is 0 Å². The van der Waals surface area contributed by atoms with Crippen molar-refractivity contribution in [2.45, 2.75) is 37.8 Å². The number of aromatic nitrogens is 3. The van der Waals surface area contributed by atoms with Crippen LogP contribution in [0.25, 0.3) is 0 Å². The molecule has 0 radical (unpaired) electrons. The number of halogens is 2. The molecule has 2 aromatic heterocycles. The number of pyridine rings is 1. The lowest BCUT2D eigenvalue weighted by atomic mass is 9.91. The molecule has 1 aliphatic carbocycles. The van der Waals surface area contributed by atoms with Crippen LogP contribution in [0, 0.1) is 0 Å². The van der Waals surface area contributed by atoms with Crippen molar-refractivity contribution in [1.82, 2.24) is 20.3 Å². The molecule has 0 bridgehead atoms. The second-order valence-corrected chi connectivity index (χ2v) is 6.54. The van der Waals surface area contributed by atoms with E-state index in [0.717, 1.165) is 31.5 Å². The molecule has 1 fully saturated rings. The molecule has 1 saturated carbocycles. The number of anilines is 2. The third-order valence-electron chi connectivity index (χ3n) is 4.44. The Labute approximate surface area is 172 Å². The second-order valence-electron chi connectivity index (χ2n) is 6.54. The van der Waals surface area contributed by atoms with Crippen molar-refractivity contribution in [3.05, 3.63) is 42.4 Å². The topological polar surface area (TPSA) is 83.0 Å². The highest BCUT2D eigenvalue weighted by molar-refractivity contribution is 5.94. The molecular weight excluding hydrogens is 387 g/mol. The quantitative estimate of drug-likeness (QED) is 0.785. The highest BCUT2D eigenvalue weighted by Gasteiger charge is 2.23. The number of amides is 1. The SMILES string of the molecule is CN(C)c1ccnc(N[C@H]2CC[C@@H](NC(=O)c3ccncc3)CC2)n1.Cl.Cl. The van der Waals surface area contributed by atoms with Crippen molar-refractivity contribution in [2.75, 3.05) is 24.3 Å². The molecule has 148 valence electrons. The van der Waals surface area contributed by atoms with Crippen LogP contribution in [-0.4, -0.2) is 47.0 Å². The van der Waals surface area contributed by atoms with E-state index in [-0.39, 0.29) is 36.8 Å². The standard InChI is InChI=1S/C18H24N6O.2ClH/c1-24(2)16-9-12-20-18(23-16)22-15-5-3-14(4-6-15)21-17(25)13-7-10-19-11-8-13;;/h7-12,14-15H,3-6H2,1-2H3,(H,21,25)(H,20,22,23);2*1H/t14-,15+;;. The Bertz CT molecular complexity index is 708. The van der Waals surface area contributed by atoms with Crippen molar-refractivity contribution in [3.63, 3.8) is 0 Å². The molecule has 1 amide bonds. The first kappa shape index (κ1) is 22.9. The van der Waals surface area contributed by atoms with Gasteiger partial charge in [0.15, 0.2) is 0 Å². The van der Waals surface area contributed by atoms with Crippen molar-refractivity contribution in [3.8, 4) is 0 Å². The first-order chi connectivity index (χ1) is 12.1. The molecule has 0 unspecified atom stereocenters. The van der Waals surface area contributed by atoms with Crippen LogP contribution in [0.5, 0.6) is 0 Å². The number of hydrogen-bond acceptors (Lipinski definition) is 6. The molecule has 2 N–H and O–H groups in total. The second kappa shape index (κ2) is 10.9. The van der Waals surface area contributed by atoms with Gasteiger partial charge >= 0.3 is 0 Å². The van der Waals surface area contributed by atoms with Gasteiger partial charge in [-0.2, -0.15) is 4.98 Å². The molecule has 3 rings (SSSR count). The lowest BCUT2D eigenvalue weighted by Gasteiger charge is -2.29. The van der Waals surface area contributed by atoms with Gasteiger partial charge in [0.1, 0.15) is 5.82 Å². The Morgan fingerprint density at radius 3 is 2.26 bits per heavy atom. The number of carbonyl (C=O) groups is 1. The van der Waals surface area contributed by atoms with Gasteiger partial charge in [-0.1, -0.05) is 0 Å². The van der Waals surface area contributed by atoms with E-state index in [4.69, 9.17) is 0 Å². The van der Waals surface area contributed by atoms with Crippen molar-refractivity contribution in [1.29, 1.82) is 0 Å². The maximum atomic E-state index is 12.2. The largest absolute Gasteiger partial charge is 0.363 e. The van der Waals surface area contributed by atoms with Crippen molar-refractivity contribution < 1.29 is 4.79 Å². The summed E-state index contributed by atoms with van der Waals surface area (Å²) in [7, 11) is 3.92. The van der Waals surface area contributed by atoms with E-state index in [1.54, 1.807) is 30.7 Å². The number of carbonyl (C=O) groups excluding carboxylic acids is 1. The fraction of sp³-hybridized carbons (Fsp3) is 0.444. The predicted octanol–water partition coefficient (Wildman–Crippen LogP) is 2.93. The molecule has 0 atom stereocenters. The van der Waals surface area contributed by atoms with E-state index in [9.17, 15) is 4.79 Å². The maximum Gasteiger partial charge on any atom is 0.251 e. The van der Waals surface area contributed by atoms with Crippen LogP contribution in [0.1, 0.15) is 36.0 Å². The van der Waals surface area contributed by atoms with E-state index in [1.165, 1.54) is 0 Å². The van der Waals surface area contributed by atoms with Gasteiger partial charge in [0, 0.05) is 50.3 Å². The Kier molecular flexibility index (Phi) is 9.25. The van der Waals surface area contributed by atoms with Gasteiger partial charge in [-0.25, -0.2) is 4.98 Å². The van der Waals surface area contributed by atoms with Gasteiger partial charge in [0.2, 0.25) is 5.95 Å². The number of hydrogen-bond donors (Lipinski definition) is 2. The van der Waals surface area contributed by atoms with Gasteiger partial charge in [-0.15, -0.1) is 24.8 Å². The molecule has 0 aromatic carbocycles. The smallest absolute Gasteiger partial charge is 0.251 e. The highest BCUT2D eigenvalue weighted by Crippen LogP contribution is 2.22. The summed E-state index contributed by atoms with van der Waals surface area (Å²) in [5.41, 5.74) is 0.657. The first-order valence-corrected chi connectivity index (χ1v) is 8.59. The van der Waals surface area contributed by atoms with Crippen LogP contribution in [0.3, 0.4) is 0 Å². The molecule has 0 aliphatic heterocycles. The summed E-state index contributed by atoms with van der Waals surface area (Å²) < 4.78 is 0. The highest BCUT2D eigenvalue weighted by atomic mass is 35.5. The molecule has 2 heterocycles. The summed E-state index contributed by atoms with van der Waals surface area (Å²) >= 11 is 0. The average molecular weight is 413 g/mol. The minimum Gasteiger partial charge on any atom is -0.363 e. The minimum absolute atomic E-state index is 0. The van der Waals surface area contributed by atoms with Gasteiger partial charge in [0.25, 0.3) is 5.91 Å². The zero-order chi connectivity index (χ0) is 17.6. The van der Waals surface area contributed by atoms with Crippen LogP contribution in [0.4, 0.5) is 11.8 Å². The zero-order valence-electron chi connectivity index (χ0n) is 15.5. The summed E-state index contributed by atoms with van der Waals surface area (Å²) in [5.74, 6) is 1.52. The van der Waals surface area contributed by atoms with Crippen LogP contribution >= 0.6 is 24.8 Å². The monoisotopic (exact) mass is 412 g/mol. The molecule has 0 saturated heterocycles. The van der Waals surface area contributed by atoms with Crippen molar-refractivity contribution >= 4 is 42.5 Å². The fourth-order valence-corrected chi connectivity index (χ4v) is 3.00. The first-order valence-electron chi connectivity index (χ1n) is 8.59. The lowest BCUT2D eigenvalue weighted by Crippen LogP contribution is -2.40. The molecular formula is C18H26Cl2N6O. The molecule has 2 aromatic rings. The van der Waals surface area contributed by atoms with E-state index < -0.39 is 0 Å². The van der Waals surface area contributed by atoms with Crippen LogP contribution in [0.2, 0.25) is 0 Å². The molecule has 7 nitrogen and oxygen atoms in total. The van der Waals surface area contributed by atoms with E-state index in [1.807, 2.05) is 25.1 Å². The Morgan fingerprint density at radius 2 is 1.63 bits per heavy atom. The van der Waals surface area contributed by atoms with Gasteiger partial charge in [0.05, 0.1) is 0 Å². The Morgan fingerprint density at radius 1 is 1.00 bits per heavy atom. The Balaban J connectivity index is 0.00000182. The van der Waals surface area contributed by atoms with Crippen LogP contribution in [-0.2, 0) is 0 Å². The molecule has 9 heteroatoms. The summed E-state index contributed by atoms with van der Waals surface area (Å²) in [6.45, 7) is 0. The van der Waals surface area contributed by atoms with Gasteiger partial charge < -0.3 is 15.5 Å². The minimum atomic E-state index is -0.0270. The third-order valence-corrected chi connectivity index (χ3v) is 4.44. The Hall–Kier alpha value is -2.12. The fourth-order valence-electron chi connectivity index (χ4n) is 3.00. The zero-order valence-corrected chi connectivity index (χ0v) is 17.1. The number of nitrogens with one attached hydrogen (secondary N) is 2. The maximum absolute atomic E-state index is 12.2. The van der Waals surface area contributed by atoms with Crippen LogP contribution in [0.15, 0.2) is 36.8 Å².